The van der Waals surface area contributed by atoms with Crippen LogP contribution in [0.3, 0.4) is 0 Å². The number of hydrogen-bond donors (Lipinski definition) is 4. The largest absolute Gasteiger partial charge is 0.507 e. The van der Waals surface area contributed by atoms with E-state index in [1.807, 2.05) is 121 Å². The van der Waals surface area contributed by atoms with E-state index in [2.05, 4.69) is 0 Å². The summed E-state index contributed by atoms with van der Waals surface area (Å²) in [7, 11) is 0. The molecule has 0 unspecified atom stereocenters. The van der Waals surface area contributed by atoms with Gasteiger partial charge in [-0.1, -0.05) is 121 Å². The number of benzene rings is 9. The molecule has 0 fully saturated rings. The number of fused-ring (bicyclic) bond motifs is 4. The molecule has 9 aromatic carbocycles. The number of nitrogens with zero attached hydrogens (tertiary/aromatic N) is 4. The average Bonchev–Trinajstić information content (AvgIpc) is 3.25. The summed E-state index contributed by atoms with van der Waals surface area (Å²) >= 11 is 0. The van der Waals surface area contributed by atoms with Gasteiger partial charge in [-0.25, -0.2) is 0 Å². The molecule has 8 nitrogen and oxygen atoms in total. The third-order valence-corrected chi connectivity index (χ3v) is 10.2. The molecule has 0 aliphatic heterocycles. The topological polar surface area (TPSA) is 130 Å². The summed E-state index contributed by atoms with van der Waals surface area (Å²) in [6, 6.07) is 48.4. The Hall–Kier alpha value is -7.11. The van der Waals surface area contributed by atoms with Crippen LogP contribution in [-0.2, 0) is 33.0 Å². The Bertz CT molecular complexity index is 2780. The van der Waals surface area contributed by atoms with E-state index in [1.54, 1.807) is 61.3 Å². The van der Waals surface area contributed by atoms with Gasteiger partial charge in [-0.05, 0) is 79.5 Å². The predicted molar refractivity (Wildman–Crippen MR) is 238 cm³/mol. The van der Waals surface area contributed by atoms with E-state index in [1.165, 1.54) is 0 Å². The van der Waals surface area contributed by atoms with Crippen LogP contribution in [0, 0.1) is 0 Å². The number of rotatable bonds is 8. The summed E-state index contributed by atoms with van der Waals surface area (Å²) in [4.78, 5) is 19.6. The van der Waals surface area contributed by atoms with Crippen molar-refractivity contribution in [1.82, 2.24) is 0 Å². The molecular formula is C50H34N4Ni2O4. The van der Waals surface area contributed by atoms with E-state index < -0.39 is 0 Å². The molecule has 0 aliphatic carbocycles. The Morgan fingerprint density at radius 1 is 0.283 bits per heavy atom. The van der Waals surface area contributed by atoms with Gasteiger partial charge in [0.25, 0.3) is 0 Å². The maximum absolute atomic E-state index is 11.0. The molecule has 298 valence electrons. The first-order valence-corrected chi connectivity index (χ1v) is 18.6. The van der Waals surface area contributed by atoms with Crippen LogP contribution < -0.4 is 0 Å². The van der Waals surface area contributed by atoms with Crippen molar-refractivity contribution in [3.05, 3.63) is 180 Å². The predicted octanol–water partition coefficient (Wildman–Crippen LogP) is 12.1. The van der Waals surface area contributed by atoms with Crippen LogP contribution in [-0.4, -0.2) is 45.3 Å². The molecule has 60 heavy (non-hydrogen) atoms. The van der Waals surface area contributed by atoms with Crippen molar-refractivity contribution in [2.24, 2.45) is 20.0 Å². The van der Waals surface area contributed by atoms with Crippen molar-refractivity contribution < 1.29 is 53.4 Å². The zero-order chi connectivity index (χ0) is 39.6. The SMILES string of the molecule is Oc1ccc2ccccc2c1C=Nc1cc(N=Cc2c(O)ccc3ccccc23)c(N=Cc2c(O)ccc3ccccc23)cc1N=Cc1c(O)ccc2ccccc12.[Ni].[Ni]. The summed E-state index contributed by atoms with van der Waals surface area (Å²) in [5.74, 6) is 0.255. The second-order valence-corrected chi connectivity index (χ2v) is 13.7. The average molecular weight is 872 g/mol. The maximum Gasteiger partial charge on any atom is 0.124 e. The third kappa shape index (κ3) is 8.12. The number of phenolic OH excluding ortho intramolecular Hbond substituents is 4. The maximum atomic E-state index is 11.0. The van der Waals surface area contributed by atoms with Crippen molar-refractivity contribution in [2.45, 2.75) is 0 Å². The molecule has 0 aliphatic rings. The van der Waals surface area contributed by atoms with Gasteiger partial charge in [0, 0.05) is 80.1 Å². The fraction of sp³-hybridized carbons (Fsp3) is 0. The van der Waals surface area contributed by atoms with E-state index in [0.29, 0.717) is 45.0 Å². The van der Waals surface area contributed by atoms with Crippen LogP contribution in [0.2, 0.25) is 0 Å². The van der Waals surface area contributed by atoms with Crippen LogP contribution in [0.5, 0.6) is 23.0 Å². The molecule has 4 N–H and O–H groups in total. The van der Waals surface area contributed by atoms with E-state index in [-0.39, 0.29) is 56.0 Å². The zero-order valence-electron chi connectivity index (χ0n) is 31.5. The smallest absolute Gasteiger partial charge is 0.124 e. The van der Waals surface area contributed by atoms with Gasteiger partial charge in [0.05, 0.1) is 22.7 Å². The number of aliphatic imine (C=N–C) groups is 4. The van der Waals surface area contributed by atoms with Crippen LogP contribution in [0.1, 0.15) is 22.3 Å². The van der Waals surface area contributed by atoms with E-state index in [0.717, 1.165) is 43.1 Å². The summed E-state index contributed by atoms with van der Waals surface area (Å²) in [6.45, 7) is 0. The fourth-order valence-electron chi connectivity index (χ4n) is 7.18. The van der Waals surface area contributed by atoms with Crippen LogP contribution in [0.4, 0.5) is 22.7 Å². The summed E-state index contributed by atoms with van der Waals surface area (Å²) in [5, 5.41) is 51.0. The Labute approximate surface area is 365 Å². The quantitative estimate of drug-likeness (QED) is 0.0894. The summed E-state index contributed by atoms with van der Waals surface area (Å²) < 4.78 is 0. The van der Waals surface area contributed by atoms with E-state index in [4.69, 9.17) is 20.0 Å². The molecule has 0 heterocycles. The van der Waals surface area contributed by atoms with Gasteiger partial charge >= 0.3 is 0 Å². The summed E-state index contributed by atoms with van der Waals surface area (Å²) in [5.41, 5.74) is 3.68. The molecular weight excluding hydrogens is 838 g/mol. The Morgan fingerprint density at radius 2 is 0.500 bits per heavy atom. The third-order valence-electron chi connectivity index (χ3n) is 10.2. The Kier molecular flexibility index (Phi) is 12.2. The number of phenols is 4. The Balaban J connectivity index is 0.00000272. The minimum Gasteiger partial charge on any atom is -0.507 e. The van der Waals surface area contributed by atoms with Gasteiger partial charge < -0.3 is 20.4 Å². The molecule has 10 heteroatoms. The van der Waals surface area contributed by atoms with Gasteiger partial charge in [0.1, 0.15) is 23.0 Å². The van der Waals surface area contributed by atoms with Gasteiger partial charge in [-0.3, -0.25) is 20.0 Å². The van der Waals surface area contributed by atoms with Crippen molar-refractivity contribution in [2.75, 3.05) is 0 Å². The monoisotopic (exact) mass is 870 g/mol. The molecule has 0 atom stereocenters. The molecule has 0 radical (unpaired) electrons. The van der Waals surface area contributed by atoms with Crippen molar-refractivity contribution in [3.63, 3.8) is 0 Å². The molecule has 9 rings (SSSR count). The van der Waals surface area contributed by atoms with Crippen LogP contribution in [0.15, 0.2) is 178 Å². The van der Waals surface area contributed by atoms with Gasteiger partial charge in [-0.15, -0.1) is 0 Å². The summed E-state index contributed by atoms with van der Waals surface area (Å²) in [6.07, 6.45) is 6.40. The molecule has 0 spiro atoms. The molecule has 0 amide bonds. The zero-order valence-corrected chi connectivity index (χ0v) is 33.5. The van der Waals surface area contributed by atoms with Crippen LogP contribution >= 0.6 is 0 Å². The van der Waals surface area contributed by atoms with Crippen LogP contribution in [0.25, 0.3) is 43.1 Å². The van der Waals surface area contributed by atoms with Crippen molar-refractivity contribution >= 4 is 90.7 Å². The van der Waals surface area contributed by atoms with E-state index in [9.17, 15) is 20.4 Å². The van der Waals surface area contributed by atoms with Gasteiger partial charge in [0.15, 0.2) is 0 Å². The fourth-order valence-corrected chi connectivity index (χ4v) is 7.18. The molecule has 9 aromatic rings. The second-order valence-electron chi connectivity index (χ2n) is 13.7. The molecule has 0 bridgehead atoms. The molecule has 0 aromatic heterocycles. The number of aromatic hydroxyl groups is 4. The molecule has 0 saturated carbocycles. The van der Waals surface area contributed by atoms with Crippen molar-refractivity contribution in [1.29, 1.82) is 0 Å². The van der Waals surface area contributed by atoms with Gasteiger partial charge in [-0.2, -0.15) is 0 Å². The first-order valence-electron chi connectivity index (χ1n) is 18.6. The Morgan fingerprint density at radius 3 is 0.733 bits per heavy atom. The minimum atomic E-state index is 0. The normalized spacial score (nSPS) is 11.7. The van der Waals surface area contributed by atoms with E-state index >= 15 is 0 Å². The minimum absolute atomic E-state index is 0. The van der Waals surface area contributed by atoms with Crippen molar-refractivity contribution in [3.8, 4) is 23.0 Å². The first kappa shape index (κ1) is 41.1. The number of hydrogen-bond acceptors (Lipinski definition) is 8. The molecule has 0 saturated heterocycles. The first-order chi connectivity index (χ1) is 28.4. The second kappa shape index (κ2) is 17.8. The van der Waals surface area contributed by atoms with Gasteiger partial charge in [0.2, 0.25) is 0 Å². The standard InChI is InChI=1S/C50H34N4O4.2Ni/c55-47-21-17-31-9-1-5-13-35(31)39(47)27-51-43-25-45(53-29-41-37-15-7-3-11-33(37)19-23-49(41)57)46(54-30-42-38-16-8-4-12-34(38)20-24-50(42)58)26-44(43)52-28-40-36-14-6-2-10-32(36)18-22-48(40)56;;/h1-30,55-58H;;.